The molecule has 1 aliphatic rings. The quantitative estimate of drug-likeness (QED) is 0.649. The van der Waals surface area contributed by atoms with Crippen LogP contribution in [0.3, 0.4) is 0 Å². The molecule has 1 fully saturated rings. The van der Waals surface area contributed by atoms with Gasteiger partial charge in [-0.2, -0.15) is 5.26 Å². The fourth-order valence-corrected chi connectivity index (χ4v) is 2.13. The smallest absolute Gasteiger partial charge is 0.166 e. The summed E-state index contributed by atoms with van der Waals surface area (Å²) >= 11 is 0. The minimum atomic E-state index is -0.375. The fraction of sp³-hybridized carbons (Fsp3) is 0.688. The summed E-state index contributed by atoms with van der Waals surface area (Å²) in [6.07, 6.45) is 8.93. The van der Waals surface area contributed by atoms with Crippen LogP contribution in [0.5, 0.6) is 0 Å². The maximum absolute atomic E-state index is 8.56. The van der Waals surface area contributed by atoms with Gasteiger partial charge < -0.3 is 9.47 Å². The first-order chi connectivity index (χ1) is 9.06. The molecule has 3 heteroatoms. The van der Waals surface area contributed by atoms with Gasteiger partial charge in [0.05, 0.1) is 25.7 Å². The van der Waals surface area contributed by atoms with Crippen LogP contribution in [0.15, 0.2) is 23.3 Å². The molecule has 0 radical (unpaired) electrons. The first-order valence-corrected chi connectivity index (χ1v) is 7.02. The largest absolute Gasteiger partial charge is 0.348 e. The number of allylic oxidation sites excluding steroid dienone is 4. The van der Waals surface area contributed by atoms with E-state index >= 15 is 0 Å². The SMILES string of the molecule is C/C(=C\CC/C(C)=C/CCC1(C)OCCO1)CC#N. The molecule has 0 aliphatic carbocycles. The predicted octanol–water partition coefficient (Wildman–Crippen LogP) is 4.12. The van der Waals surface area contributed by atoms with E-state index in [0.29, 0.717) is 19.6 Å². The second-order valence-corrected chi connectivity index (χ2v) is 5.34. The first kappa shape index (κ1) is 15.9. The van der Waals surface area contributed by atoms with Gasteiger partial charge in [0.1, 0.15) is 0 Å². The molecule has 1 heterocycles. The van der Waals surface area contributed by atoms with Crippen LogP contribution in [0, 0.1) is 11.3 Å². The summed E-state index contributed by atoms with van der Waals surface area (Å²) in [6.45, 7) is 7.60. The maximum Gasteiger partial charge on any atom is 0.166 e. The lowest BCUT2D eigenvalue weighted by Gasteiger charge is -2.21. The van der Waals surface area contributed by atoms with Crippen molar-refractivity contribution in [2.45, 2.75) is 58.7 Å². The van der Waals surface area contributed by atoms with Crippen molar-refractivity contribution < 1.29 is 9.47 Å². The molecule has 0 aromatic rings. The van der Waals surface area contributed by atoms with Crippen LogP contribution >= 0.6 is 0 Å². The lowest BCUT2D eigenvalue weighted by atomic mass is 10.1. The molecule has 0 atom stereocenters. The summed E-state index contributed by atoms with van der Waals surface area (Å²) in [4.78, 5) is 0. The third-order valence-electron chi connectivity index (χ3n) is 3.38. The van der Waals surface area contributed by atoms with Gasteiger partial charge in [-0.05, 0) is 40.0 Å². The molecule has 3 nitrogen and oxygen atoms in total. The maximum atomic E-state index is 8.56. The van der Waals surface area contributed by atoms with Crippen LogP contribution in [0.1, 0.15) is 52.9 Å². The Kier molecular flexibility index (Phi) is 6.83. The predicted molar refractivity (Wildman–Crippen MR) is 76.5 cm³/mol. The highest BCUT2D eigenvalue weighted by Gasteiger charge is 2.29. The van der Waals surface area contributed by atoms with Crippen molar-refractivity contribution in [1.29, 1.82) is 5.26 Å². The Morgan fingerprint density at radius 1 is 1.16 bits per heavy atom. The van der Waals surface area contributed by atoms with E-state index in [1.54, 1.807) is 0 Å². The second-order valence-electron chi connectivity index (χ2n) is 5.34. The van der Waals surface area contributed by atoms with E-state index in [1.807, 2.05) is 13.8 Å². The average molecular weight is 263 g/mol. The Morgan fingerprint density at radius 3 is 2.42 bits per heavy atom. The summed E-state index contributed by atoms with van der Waals surface area (Å²) in [5.74, 6) is -0.375. The van der Waals surface area contributed by atoms with Crippen LogP contribution in [-0.4, -0.2) is 19.0 Å². The number of hydrogen-bond acceptors (Lipinski definition) is 3. The number of nitriles is 1. The minimum Gasteiger partial charge on any atom is -0.348 e. The van der Waals surface area contributed by atoms with Gasteiger partial charge in [-0.15, -0.1) is 0 Å². The van der Waals surface area contributed by atoms with Crippen molar-refractivity contribution >= 4 is 0 Å². The van der Waals surface area contributed by atoms with Crippen LogP contribution in [-0.2, 0) is 9.47 Å². The Bertz CT molecular complexity index is 371. The molecule has 0 spiro atoms. The summed E-state index contributed by atoms with van der Waals surface area (Å²) in [6, 6.07) is 2.16. The lowest BCUT2D eigenvalue weighted by Crippen LogP contribution is -2.24. The van der Waals surface area contributed by atoms with E-state index in [1.165, 1.54) is 5.57 Å². The number of ether oxygens (including phenoxy) is 2. The van der Waals surface area contributed by atoms with Crippen molar-refractivity contribution in [3.63, 3.8) is 0 Å². The van der Waals surface area contributed by atoms with Gasteiger partial charge in [0, 0.05) is 6.42 Å². The van der Waals surface area contributed by atoms with Gasteiger partial charge in [0.25, 0.3) is 0 Å². The molecule has 0 unspecified atom stereocenters. The Hall–Kier alpha value is -1.11. The highest BCUT2D eigenvalue weighted by atomic mass is 16.7. The topological polar surface area (TPSA) is 42.2 Å². The minimum absolute atomic E-state index is 0.375. The Morgan fingerprint density at radius 2 is 1.79 bits per heavy atom. The monoisotopic (exact) mass is 263 g/mol. The van der Waals surface area contributed by atoms with Crippen molar-refractivity contribution in [2.75, 3.05) is 13.2 Å². The van der Waals surface area contributed by atoms with Crippen molar-refractivity contribution in [1.82, 2.24) is 0 Å². The van der Waals surface area contributed by atoms with Gasteiger partial charge in [-0.25, -0.2) is 0 Å². The first-order valence-electron chi connectivity index (χ1n) is 7.02. The molecular formula is C16H25NO2. The van der Waals surface area contributed by atoms with E-state index in [-0.39, 0.29) is 5.79 Å². The number of nitrogens with zero attached hydrogens (tertiary/aromatic N) is 1. The van der Waals surface area contributed by atoms with Crippen molar-refractivity contribution in [2.24, 2.45) is 0 Å². The molecule has 1 aliphatic heterocycles. The molecule has 1 rings (SSSR count). The van der Waals surface area contributed by atoms with E-state index in [9.17, 15) is 0 Å². The molecule has 106 valence electrons. The molecule has 0 amide bonds. The standard InChI is InChI=1S/C16H25NO2/c1-14(6-4-7-15(2)9-11-17)8-5-10-16(3)18-12-13-19-16/h7-8H,4-6,9-10,12-13H2,1-3H3/b14-8+,15-7+. The summed E-state index contributed by atoms with van der Waals surface area (Å²) < 4.78 is 11.1. The van der Waals surface area contributed by atoms with Crippen LogP contribution in [0.2, 0.25) is 0 Å². The zero-order chi connectivity index (χ0) is 14.1. The third-order valence-corrected chi connectivity index (χ3v) is 3.38. The van der Waals surface area contributed by atoms with Crippen molar-refractivity contribution in [3.8, 4) is 6.07 Å². The number of rotatable bonds is 7. The van der Waals surface area contributed by atoms with Gasteiger partial charge in [-0.1, -0.05) is 23.3 Å². The van der Waals surface area contributed by atoms with E-state index in [2.05, 4.69) is 25.1 Å². The normalized spacial score (nSPS) is 19.5. The van der Waals surface area contributed by atoms with Crippen LogP contribution in [0.4, 0.5) is 0 Å². The van der Waals surface area contributed by atoms with Gasteiger partial charge >= 0.3 is 0 Å². The summed E-state index contributed by atoms with van der Waals surface area (Å²) in [7, 11) is 0. The molecular weight excluding hydrogens is 238 g/mol. The van der Waals surface area contributed by atoms with Crippen LogP contribution < -0.4 is 0 Å². The second kappa shape index (κ2) is 8.14. The van der Waals surface area contributed by atoms with E-state index in [0.717, 1.165) is 31.3 Å². The Labute approximate surface area is 116 Å². The summed E-state index contributed by atoms with van der Waals surface area (Å²) in [5, 5.41) is 8.56. The van der Waals surface area contributed by atoms with Crippen molar-refractivity contribution in [3.05, 3.63) is 23.3 Å². The Balaban J connectivity index is 2.22. The zero-order valence-electron chi connectivity index (χ0n) is 12.4. The van der Waals surface area contributed by atoms with E-state index in [4.69, 9.17) is 14.7 Å². The van der Waals surface area contributed by atoms with Gasteiger partial charge in [-0.3, -0.25) is 0 Å². The molecule has 0 aromatic carbocycles. The number of hydrogen-bond donors (Lipinski definition) is 0. The zero-order valence-corrected chi connectivity index (χ0v) is 12.4. The lowest BCUT2D eigenvalue weighted by molar-refractivity contribution is -0.145. The molecule has 0 bridgehead atoms. The molecule has 0 N–H and O–H groups in total. The average Bonchev–Trinajstić information content (AvgIpc) is 2.76. The molecule has 0 aromatic heterocycles. The molecule has 19 heavy (non-hydrogen) atoms. The third kappa shape index (κ3) is 6.56. The fourth-order valence-electron chi connectivity index (χ4n) is 2.13. The highest BCUT2D eigenvalue weighted by Crippen LogP contribution is 2.24. The molecule has 0 saturated carbocycles. The van der Waals surface area contributed by atoms with Gasteiger partial charge in [0.15, 0.2) is 5.79 Å². The van der Waals surface area contributed by atoms with Gasteiger partial charge in [0.2, 0.25) is 0 Å². The summed E-state index contributed by atoms with van der Waals surface area (Å²) in [5.41, 5.74) is 2.55. The molecule has 1 saturated heterocycles. The highest BCUT2D eigenvalue weighted by molar-refractivity contribution is 5.07. The van der Waals surface area contributed by atoms with Crippen LogP contribution in [0.25, 0.3) is 0 Å². The van der Waals surface area contributed by atoms with E-state index < -0.39 is 0 Å².